The molecule has 0 aromatic heterocycles. The lowest BCUT2D eigenvalue weighted by Gasteiger charge is -2.36. The van der Waals surface area contributed by atoms with Crippen molar-refractivity contribution in [1.82, 2.24) is 15.5 Å². The van der Waals surface area contributed by atoms with Gasteiger partial charge in [-0.15, -0.1) is 6.58 Å². The quantitative estimate of drug-likeness (QED) is 0.369. The Kier molecular flexibility index (Phi) is 11.4. The van der Waals surface area contributed by atoms with Crippen LogP contribution in [0.1, 0.15) is 90.3 Å². The van der Waals surface area contributed by atoms with Gasteiger partial charge in [0.15, 0.2) is 0 Å². The van der Waals surface area contributed by atoms with Crippen LogP contribution in [0, 0.1) is 5.92 Å². The summed E-state index contributed by atoms with van der Waals surface area (Å²) in [6.45, 7) is 17.0. The summed E-state index contributed by atoms with van der Waals surface area (Å²) in [5.41, 5.74) is 0.826. The third kappa shape index (κ3) is 9.06. The number of nitrogens with zero attached hydrogens (tertiary/aromatic N) is 1. The largest absolute Gasteiger partial charge is 0.444 e. The second-order valence-corrected chi connectivity index (χ2v) is 10.9. The summed E-state index contributed by atoms with van der Waals surface area (Å²) in [6, 6.07) is 5.80. The molecule has 1 fully saturated rings. The monoisotopic (exact) mass is 511 g/mol. The lowest BCUT2D eigenvalue weighted by Crippen LogP contribution is -2.55. The molecule has 1 aromatic rings. The maximum Gasteiger partial charge on any atom is 0.408 e. The van der Waals surface area contributed by atoms with Gasteiger partial charge in [0.1, 0.15) is 17.7 Å². The highest BCUT2D eigenvalue weighted by molar-refractivity contribution is 5.92. The Morgan fingerprint density at radius 2 is 1.84 bits per heavy atom. The number of benzene rings is 1. The molecule has 204 valence electrons. The first kappa shape index (κ1) is 30.1. The minimum Gasteiger partial charge on any atom is -0.444 e. The number of carbonyl (C=O) groups excluding carboxylic acids is 3. The SMILES string of the molecule is C=CCN(C(=O)C(NC(=O)OC(C)(C)C)C(C)CC)C(C(=O)NC1CCCCC1)c1cccc(C=C)c1. The van der Waals surface area contributed by atoms with Crippen molar-refractivity contribution in [2.75, 3.05) is 6.54 Å². The van der Waals surface area contributed by atoms with Gasteiger partial charge in [0.25, 0.3) is 0 Å². The van der Waals surface area contributed by atoms with Crippen LogP contribution in [0.4, 0.5) is 4.79 Å². The molecule has 7 heteroatoms. The molecule has 3 unspecified atom stereocenters. The summed E-state index contributed by atoms with van der Waals surface area (Å²) in [7, 11) is 0. The summed E-state index contributed by atoms with van der Waals surface area (Å²) in [5.74, 6) is -0.773. The van der Waals surface area contributed by atoms with Crippen LogP contribution in [0.5, 0.6) is 0 Å². The highest BCUT2D eigenvalue weighted by Gasteiger charge is 2.38. The van der Waals surface area contributed by atoms with Gasteiger partial charge in [-0.25, -0.2) is 4.79 Å². The first-order chi connectivity index (χ1) is 17.5. The van der Waals surface area contributed by atoms with E-state index in [4.69, 9.17) is 4.74 Å². The van der Waals surface area contributed by atoms with Crippen LogP contribution in [0.2, 0.25) is 0 Å². The first-order valence-electron chi connectivity index (χ1n) is 13.4. The predicted octanol–water partition coefficient (Wildman–Crippen LogP) is 5.77. The zero-order valence-electron chi connectivity index (χ0n) is 23.2. The minimum absolute atomic E-state index is 0.0808. The highest BCUT2D eigenvalue weighted by atomic mass is 16.6. The Bertz CT molecular complexity index is 946. The number of carbonyl (C=O) groups is 3. The third-order valence-corrected chi connectivity index (χ3v) is 6.73. The van der Waals surface area contributed by atoms with Crippen LogP contribution >= 0.6 is 0 Å². The van der Waals surface area contributed by atoms with Crippen LogP contribution in [-0.4, -0.2) is 47.0 Å². The van der Waals surface area contributed by atoms with Crippen molar-refractivity contribution in [1.29, 1.82) is 0 Å². The molecule has 0 radical (unpaired) electrons. The lowest BCUT2D eigenvalue weighted by atomic mass is 9.93. The fraction of sp³-hybridized carbons (Fsp3) is 0.567. The number of alkyl carbamates (subject to hydrolysis) is 1. The molecule has 2 N–H and O–H groups in total. The molecule has 1 aromatic carbocycles. The predicted molar refractivity (Wildman–Crippen MR) is 149 cm³/mol. The molecule has 3 atom stereocenters. The molecule has 0 bridgehead atoms. The average Bonchev–Trinajstić information content (AvgIpc) is 2.85. The van der Waals surface area contributed by atoms with Crippen LogP contribution in [0.15, 0.2) is 43.5 Å². The van der Waals surface area contributed by atoms with E-state index in [-0.39, 0.29) is 30.3 Å². The highest BCUT2D eigenvalue weighted by Crippen LogP contribution is 2.27. The van der Waals surface area contributed by atoms with Crippen LogP contribution in [0.25, 0.3) is 6.08 Å². The van der Waals surface area contributed by atoms with E-state index in [0.29, 0.717) is 12.0 Å². The zero-order valence-corrected chi connectivity index (χ0v) is 23.2. The van der Waals surface area contributed by atoms with Crippen molar-refractivity contribution in [3.05, 3.63) is 54.6 Å². The third-order valence-electron chi connectivity index (χ3n) is 6.73. The summed E-state index contributed by atoms with van der Waals surface area (Å²) >= 11 is 0. The number of ether oxygens (including phenoxy) is 1. The summed E-state index contributed by atoms with van der Waals surface area (Å²) < 4.78 is 5.44. The fourth-order valence-corrected chi connectivity index (χ4v) is 4.61. The first-order valence-corrected chi connectivity index (χ1v) is 13.4. The van der Waals surface area contributed by atoms with Gasteiger partial charge in [0, 0.05) is 12.6 Å². The molecule has 0 spiro atoms. The maximum absolute atomic E-state index is 14.1. The van der Waals surface area contributed by atoms with Crippen molar-refractivity contribution in [3.63, 3.8) is 0 Å². The van der Waals surface area contributed by atoms with E-state index >= 15 is 0 Å². The van der Waals surface area contributed by atoms with E-state index in [1.807, 2.05) is 38.1 Å². The topological polar surface area (TPSA) is 87.7 Å². The molecule has 2 rings (SSSR count). The van der Waals surface area contributed by atoms with Gasteiger partial charge in [-0.2, -0.15) is 0 Å². The molecule has 0 heterocycles. The molecule has 3 amide bonds. The van der Waals surface area contributed by atoms with Crippen LogP contribution in [0.3, 0.4) is 0 Å². The molecule has 37 heavy (non-hydrogen) atoms. The summed E-state index contributed by atoms with van der Waals surface area (Å²) in [5, 5.41) is 5.98. The molecule has 1 saturated carbocycles. The van der Waals surface area contributed by atoms with Gasteiger partial charge >= 0.3 is 6.09 Å². The number of rotatable bonds is 11. The molecule has 7 nitrogen and oxygen atoms in total. The second kappa shape index (κ2) is 14.0. The van der Waals surface area contributed by atoms with Gasteiger partial charge in [0.05, 0.1) is 0 Å². The Morgan fingerprint density at radius 3 is 2.41 bits per heavy atom. The van der Waals surface area contributed by atoms with E-state index in [2.05, 4.69) is 23.8 Å². The van der Waals surface area contributed by atoms with Crippen LogP contribution < -0.4 is 10.6 Å². The fourth-order valence-electron chi connectivity index (χ4n) is 4.61. The van der Waals surface area contributed by atoms with Crippen molar-refractivity contribution in [2.45, 2.75) is 96.9 Å². The second-order valence-electron chi connectivity index (χ2n) is 10.9. The lowest BCUT2D eigenvalue weighted by molar-refractivity contribution is -0.143. The van der Waals surface area contributed by atoms with E-state index in [0.717, 1.165) is 31.2 Å². The average molecular weight is 512 g/mol. The standard InChI is InChI=1S/C30H45N3O4/c1-8-19-33(28(35)25(21(4)9-2)32-29(36)37-30(5,6)7)26(23-16-14-15-22(10-3)20-23)27(34)31-24-17-12-11-13-18-24/h8,10,14-16,20-21,24-26H,1,3,9,11-13,17-19H2,2,4-7H3,(H,31,34)(H,32,36). The van der Waals surface area contributed by atoms with E-state index in [1.165, 1.54) is 11.3 Å². The van der Waals surface area contributed by atoms with Crippen LogP contribution in [-0.2, 0) is 14.3 Å². The minimum atomic E-state index is -0.890. The summed E-state index contributed by atoms with van der Waals surface area (Å²) in [4.78, 5) is 42.1. The van der Waals surface area contributed by atoms with Gasteiger partial charge in [-0.1, -0.05) is 76.5 Å². The number of amides is 3. The van der Waals surface area contributed by atoms with E-state index in [9.17, 15) is 14.4 Å². The molecular formula is C30H45N3O4. The zero-order chi connectivity index (χ0) is 27.6. The van der Waals surface area contributed by atoms with Crippen molar-refractivity contribution < 1.29 is 19.1 Å². The van der Waals surface area contributed by atoms with Gasteiger partial charge < -0.3 is 20.3 Å². The molecule has 0 saturated heterocycles. The Morgan fingerprint density at radius 1 is 1.16 bits per heavy atom. The molecular weight excluding hydrogens is 466 g/mol. The smallest absolute Gasteiger partial charge is 0.408 e. The maximum atomic E-state index is 14.1. The van der Waals surface area contributed by atoms with Crippen molar-refractivity contribution in [2.24, 2.45) is 5.92 Å². The molecule has 1 aliphatic rings. The van der Waals surface area contributed by atoms with Gasteiger partial charge in [-0.3, -0.25) is 9.59 Å². The Labute approximate surface area is 222 Å². The summed E-state index contributed by atoms with van der Waals surface area (Å²) in [6.07, 6.45) is 8.49. The normalized spacial score (nSPS) is 16.6. The number of hydrogen-bond acceptors (Lipinski definition) is 4. The van der Waals surface area contributed by atoms with Gasteiger partial charge in [-0.05, 0) is 56.7 Å². The van der Waals surface area contributed by atoms with E-state index in [1.54, 1.807) is 32.9 Å². The molecule has 0 aliphatic heterocycles. The Hall–Kier alpha value is -3.09. The van der Waals surface area contributed by atoms with Crippen molar-refractivity contribution >= 4 is 24.0 Å². The molecule has 1 aliphatic carbocycles. The van der Waals surface area contributed by atoms with Gasteiger partial charge in [0.2, 0.25) is 11.8 Å². The number of hydrogen-bond donors (Lipinski definition) is 2. The van der Waals surface area contributed by atoms with Crippen molar-refractivity contribution in [3.8, 4) is 0 Å². The Balaban J connectivity index is 2.48. The van der Waals surface area contributed by atoms with E-state index < -0.39 is 23.8 Å². The number of nitrogens with one attached hydrogen (secondary N) is 2.